The first-order chi connectivity index (χ1) is 18.1. The van der Waals surface area contributed by atoms with E-state index in [0.29, 0.717) is 17.9 Å². The molecule has 9 heteroatoms. The number of aliphatic hydroxyl groups is 2. The summed E-state index contributed by atoms with van der Waals surface area (Å²) in [7, 11) is 0. The van der Waals surface area contributed by atoms with E-state index < -0.39 is 35.5 Å². The lowest BCUT2D eigenvalue weighted by Gasteiger charge is -2.36. The molecule has 2 saturated heterocycles. The number of hydrogen-bond donors (Lipinski definition) is 3. The molecule has 1 aromatic heterocycles. The van der Waals surface area contributed by atoms with Gasteiger partial charge >= 0.3 is 0 Å². The van der Waals surface area contributed by atoms with Crippen LogP contribution in [0.3, 0.4) is 0 Å². The van der Waals surface area contributed by atoms with Crippen LogP contribution in [0.25, 0.3) is 6.08 Å². The van der Waals surface area contributed by atoms with Crippen molar-refractivity contribution in [2.24, 2.45) is 17.3 Å². The lowest BCUT2D eigenvalue weighted by atomic mass is 9.71. The normalized spacial score (nSPS) is 34.7. The molecular weight excluding hydrogens is 536 g/mol. The van der Waals surface area contributed by atoms with Crippen LogP contribution < -0.4 is 5.32 Å². The van der Waals surface area contributed by atoms with Crippen molar-refractivity contribution in [2.75, 3.05) is 0 Å². The molecule has 39 heavy (non-hydrogen) atoms. The molecule has 0 aromatic carbocycles. The topological polar surface area (TPSA) is 112 Å². The number of Topliss-reactive ketones (excluding diaryl/α,β-unsaturated/α-hetero) is 1. The lowest BCUT2D eigenvalue weighted by molar-refractivity contribution is -0.143. The molecule has 2 aliphatic rings. The van der Waals surface area contributed by atoms with E-state index in [1.54, 1.807) is 19.9 Å². The number of ketones is 1. The van der Waals surface area contributed by atoms with Gasteiger partial charge in [-0.3, -0.25) is 9.59 Å². The maximum atomic E-state index is 13.8. The number of carbonyl (C=O) groups excluding carboxylic acids is 2. The highest BCUT2D eigenvalue weighted by Gasteiger charge is 2.52. The number of epoxide rings is 1. The van der Waals surface area contributed by atoms with E-state index in [2.05, 4.69) is 17.2 Å². The number of amides is 1. The van der Waals surface area contributed by atoms with E-state index in [0.717, 1.165) is 35.5 Å². The second-order valence-corrected chi connectivity index (χ2v) is 13.9. The molecule has 7 nitrogen and oxygen atoms in total. The quantitative estimate of drug-likeness (QED) is 0.317. The van der Waals surface area contributed by atoms with Crippen LogP contribution in [0.2, 0.25) is 0 Å². The summed E-state index contributed by atoms with van der Waals surface area (Å²) in [6.45, 7) is 13.2. The Hall–Kier alpha value is -1.58. The van der Waals surface area contributed by atoms with E-state index >= 15 is 0 Å². The zero-order valence-electron chi connectivity index (χ0n) is 24.3. The van der Waals surface area contributed by atoms with Gasteiger partial charge in [0.2, 0.25) is 5.91 Å². The largest absolute Gasteiger partial charge is 0.392 e. The fourth-order valence-corrected chi connectivity index (χ4v) is 6.21. The highest BCUT2D eigenvalue weighted by molar-refractivity contribution is 7.09. The minimum Gasteiger partial charge on any atom is -0.392 e. The Labute approximate surface area is 242 Å². The third-order valence-corrected chi connectivity index (χ3v) is 9.53. The first-order valence-electron chi connectivity index (χ1n) is 13.9. The second-order valence-electron chi connectivity index (χ2n) is 12.4. The van der Waals surface area contributed by atoms with Gasteiger partial charge in [0.15, 0.2) is 0 Å². The van der Waals surface area contributed by atoms with Gasteiger partial charge in [-0.25, -0.2) is 4.98 Å². The number of fused-ring (bicyclic) bond motifs is 1. The molecule has 3 rings (SSSR count). The molecule has 0 bridgehead atoms. The third kappa shape index (κ3) is 8.23. The summed E-state index contributed by atoms with van der Waals surface area (Å²) in [5, 5.41) is 28.7. The summed E-state index contributed by atoms with van der Waals surface area (Å²) in [6.07, 6.45) is 4.54. The summed E-state index contributed by atoms with van der Waals surface area (Å²) in [4.78, 5) is 31.4. The lowest BCUT2D eigenvalue weighted by Crippen LogP contribution is -2.48. The number of hydrogen-bond acceptors (Lipinski definition) is 7. The molecule has 2 fully saturated rings. The number of carbonyl (C=O) groups is 2. The van der Waals surface area contributed by atoms with Crippen LogP contribution in [0, 0.1) is 24.2 Å². The average molecular weight is 581 g/mol. The number of aromatic nitrogens is 1. The number of aryl methyl sites for hydroxylation is 1. The molecule has 1 amide bonds. The van der Waals surface area contributed by atoms with Gasteiger partial charge in [-0.1, -0.05) is 50.4 Å². The van der Waals surface area contributed by atoms with Crippen LogP contribution in [-0.4, -0.2) is 56.8 Å². The van der Waals surface area contributed by atoms with E-state index in [1.807, 2.05) is 39.2 Å². The van der Waals surface area contributed by atoms with Gasteiger partial charge in [0.1, 0.15) is 5.78 Å². The van der Waals surface area contributed by atoms with E-state index in [9.17, 15) is 19.8 Å². The Balaban J connectivity index is 1.90. The van der Waals surface area contributed by atoms with Gasteiger partial charge in [-0.2, -0.15) is 0 Å². The Morgan fingerprint density at radius 2 is 1.97 bits per heavy atom. The maximum absolute atomic E-state index is 13.8. The molecule has 0 saturated carbocycles. The number of rotatable bonds is 4. The van der Waals surface area contributed by atoms with Gasteiger partial charge in [0.05, 0.1) is 52.5 Å². The van der Waals surface area contributed by atoms with Crippen LogP contribution in [-0.2, 0) is 14.3 Å². The van der Waals surface area contributed by atoms with Crippen LogP contribution >= 0.6 is 22.9 Å². The zero-order valence-corrected chi connectivity index (χ0v) is 25.9. The maximum Gasteiger partial charge on any atom is 0.223 e. The van der Waals surface area contributed by atoms with Crippen LogP contribution in [0.5, 0.6) is 0 Å². The highest BCUT2D eigenvalue weighted by atomic mass is 35.5. The number of nitrogens with zero attached hydrogens (tertiary/aromatic N) is 1. The second kappa shape index (κ2) is 12.9. The number of aliphatic hydroxyl groups excluding tert-OH is 2. The van der Waals surface area contributed by atoms with Crippen molar-refractivity contribution in [1.29, 1.82) is 0 Å². The zero-order chi connectivity index (χ0) is 29.1. The monoisotopic (exact) mass is 580 g/mol. The van der Waals surface area contributed by atoms with E-state index in [-0.39, 0.29) is 29.8 Å². The van der Waals surface area contributed by atoms with Crippen molar-refractivity contribution in [1.82, 2.24) is 10.3 Å². The van der Waals surface area contributed by atoms with Crippen molar-refractivity contribution < 1.29 is 24.5 Å². The summed E-state index contributed by atoms with van der Waals surface area (Å²) in [6, 6.07) is -0.516. The van der Waals surface area contributed by atoms with E-state index in [1.165, 1.54) is 11.3 Å². The molecule has 1 aromatic rings. The van der Waals surface area contributed by atoms with Crippen LogP contribution in [0.1, 0.15) is 90.8 Å². The van der Waals surface area contributed by atoms with Gasteiger partial charge in [-0.05, 0) is 59.0 Å². The van der Waals surface area contributed by atoms with Crippen molar-refractivity contribution in [3.63, 3.8) is 0 Å². The third-order valence-electron chi connectivity index (χ3n) is 8.37. The molecule has 3 heterocycles. The van der Waals surface area contributed by atoms with Crippen molar-refractivity contribution >= 4 is 40.7 Å². The molecule has 0 spiro atoms. The van der Waals surface area contributed by atoms with Crippen LogP contribution in [0.15, 0.2) is 22.1 Å². The number of allylic oxidation sites excluding steroid dienone is 2. The summed E-state index contributed by atoms with van der Waals surface area (Å²) < 4.78 is 6.09. The molecular formula is C30H45ClN2O5S. The Morgan fingerprint density at radius 3 is 2.59 bits per heavy atom. The molecule has 0 radical (unpaired) electrons. The molecule has 0 aliphatic carbocycles. The smallest absolute Gasteiger partial charge is 0.223 e. The summed E-state index contributed by atoms with van der Waals surface area (Å²) in [5.41, 5.74) is 0.213. The van der Waals surface area contributed by atoms with E-state index in [4.69, 9.17) is 16.3 Å². The first-order valence-corrected chi connectivity index (χ1v) is 15.2. The fourth-order valence-electron chi connectivity index (χ4n) is 5.38. The number of halogens is 1. The van der Waals surface area contributed by atoms with Gasteiger partial charge < -0.3 is 20.3 Å². The minimum absolute atomic E-state index is 0.0800. The van der Waals surface area contributed by atoms with Crippen molar-refractivity contribution in [3.05, 3.63) is 32.8 Å². The number of nitrogens with one attached hydrogen (secondary N) is 1. The Morgan fingerprint density at radius 1 is 1.28 bits per heavy atom. The van der Waals surface area contributed by atoms with Gasteiger partial charge in [0, 0.05) is 22.8 Å². The highest BCUT2D eigenvalue weighted by Crippen LogP contribution is 2.45. The Bertz CT molecular complexity index is 1090. The number of thiazole rings is 1. The predicted octanol–water partition coefficient (Wildman–Crippen LogP) is 5.56. The number of ether oxygens (including phenoxy) is 1. The average Bonchev–Trinajstić information content (AvgIpc) is 3.29. The standard InChI is InChI=1S/C30H45ClN2O5S/c1-17(2)10-11-21-27(36)18(3)9-8-12-30(7)25(38-30)14-23(22(31)13-20-16-39-19(4)32-20)33-26(35)15-24(34)29(5,6)28(21)37/h10,13,16,18,21,23-25,27,34,36H,8-9,11-12,14-15H2,1-7H3,(H,33,35)/t18-,21+,23-,24-,25?,27+,30?/m0/s1. The summed E-state index contributed by atoms with van der Waals surface area (Å²) in [5.74, 6) is -1.43. The van der Waals surface area contributed by atoms with Gasteiger partial charge in [-0.15, -0.1) is 11.3 Å². The molecule has 2 unspecified atom stereocenters. The van der Waals surface area contributed by atoms with Crippen molar-refractivity contribution in [3.8, 4) is 0 Å². The summed E-state index contributed by atoms with van der Waals surface area (Å²) >= 11 is 8.25. The van der Waals surface area contributed by atoms with Crippen LogP contribution in [0.4, 0.5) is 0 Å². The van der Waals surface area contributed by atoms with Gasteiger partial charge in [0.25, 0.3) is 0 Å². The van der Waals surface area contributed by atoms with Crippen molar-refractivity contribution in [2.45, 2.75) is 117 Å². The molecule has 7 atom stereocenters. The SMILES string of the molecule is CC(C)=CC[C@H]1C(=O)C(C)(C)[C@@H](O)CC(=O)N[C@H](C(Cl)=Cc2csc(C)n2)CC2OC2(C)CCC[C@H](C)[C@H]1O. The molecule has 218 valence electrons. The fraction of sp³-hybridized carbons (Fsp3) is 0.700. The molecule has 3 N–H and O–H groups in total. The molecule has 2 aliphatic heterocycles. The first kappa shape index (κ1) is 31.9. The predicted molar refractivity (Wildman–Crippen MR) is 156 cm³/mol. The Kier molecular flexibility index (Phi) is 10.6. The minimum atomic E-state index is -1.24.